The average Bonchev–Trinajstić information content (AvgIpc) is 2.82. The van der Waals surface area contributed by atoms with Crippen molar-refractivity contribution in [3.63, 3.8) is 0 Å². The number of carbonyl (C=O) groups excluding carboxylic acids is 2. The molecule has 0 bridgehead atoms. The second kappa shape index (κ2) is 11.8. The average molecular weight is 443 g/mol. The Morgan fingerprint density at radius 2 is 1.56 bits per heavy atom. The summed E-state index contributed by atoms with van der Waals surface area (Å²) in [4.78, 5) is 23.9. The van der Waals surface area contributed by atoms with E-state index in [9.17, 15) is 9.59 Å². The van der Waals surface area contributed by atoms with E-state index in [0.717, 1.165) is 22.3 Å². The van der Waals surface area contributed by atoms with Crippen LogP contribution in [0.4, 0.5) is 0 Å². The predicted molar refractivity (Wildman–Crippen MR) is 122 cm³/mol. The highest BCUT2D eigenvalue weighted by Crippen LogP contribution is 2.36. The van der Waals surface area contributed by atoms with Gasteiger partial charge in [-0.15, -0.1) is 0 Å². The van der Waals surface area contributed by atoms with Crippen molar-refractivity contribution in [2.45, 2.75) is 26.2 Å². The van der Waals surface area contributed by atoms with E-state index in [1.807, 2.05) is 37.3 Å². The lowest BCUT2D eigenvalue weighted by Gasteiger charge is -2.16. The molecule has 0 N–H and O–H groups in total. The number of hydrogen-bond donors (Lipinski definition) is 0. The third kappa shape index (κ3) is 5.81. The molecule has 0 saturated carbocycles. The molecule has 0 atom stereocenters. The highest BCUT2D eigenvalue weighted by atomic mass is 16.5. The van der Waals surface area contributed by atoms with Gasteiger partial charge in [0.15, 0.2) is 11.5 Å². The first-order chi connectivity index (χ1) is 15.4. The maximum Gasteiger partial charge on any atom is 0.341 e. The number of allylic oxidation sites excluding steroid dienone is 1. The number of esters is 2. The zero-order chi connectivity index (χ0) is 23.7. The molecule has 0 saturated heterocycles. The van der Waals surface area contributed by atoms with Crippen LogP contribution >= 0.6 is 0 Å². The van der Waals surface area contributed by atoms with Gasteiger partial charge >= 0.3 is 11.9 Å². The van der Waals surface area contributed by atoms with E-state index in [1.54, 1.807) is 20.3 Å². The quantitative estimate of drug-likeness (QED) is 0.393. The van der Waals surface area contributed by atoms with Crippen molar-refractivity contribution in [2.24, 2.45) is 0 Å². The van der Waals surface area contributed by atoms with Crippen molar-refractivity contribution in [3.8, 4) is 17.2 Å². The van der Waals surface area contributed by atoms with E-state index in [-0.39, 0.29) is 5.97 Å². The molecule has 0 aliphatic heterocycles. The van der Waals surface area contributed by atoms with Gasteiger partial charge in [-0.3, -0.25) is 4.79 Å². The number of methoxy groups -OCH3 is 5. The third-order valence-electron chi connectivity index (χ3n) is 5.05. The summed E-state index contributed by atoms with van der Waals surface area (Å²) in [5, 5.41) is 0. The third-order valence-corrected chi connectivity index (χ3v) is 5.05. The summed E-state index contributed by atoms with van der Waals surface area (Å²) in [6.45, 7) is 1.87. The van der Waals surface area contributed by atoms with Crippen LogP contribution in [0.25, 0.3) is 5.57 Å². The van der Waals surface area contributed by atoms with Crippen molar-refractivity contribution in [2.75, 3.05) is 35.5 Å². The van der Waals surface area contributed by atoms with Gasteiger partial charge in [-0.1, -0.05) is 12.1 Å². The molecule has 2 aromatic carbocycles. The number of carbonyl (C=O) groups is 2. The van der Waals surface area contributed by atoms with E-state index in [0.29, 0.717) is 42.1 Å². The standard InChI is InChI=1S/C25H30O7/c1-16-13-18(14-20(24(16)31-5)25(27)32-6)19(9-7-8-10-23(26)30-4)17-11-12-21(28-2)22(15-17)29-3/h9,11-15H,7-8,10H2,1-6H3/b19-9+. The number of aryl methyl sites for hydroxylation is 1. The van der Waals surface area contributed by atoms with Crippen LogP contribution < -0.4 is 14.2 Å². The lowest BCUT2D eigenvalue weighted by Crippen LogP contribution is -2.07. The minimum absolute atomic E-state index is 0.251. The lowest BCUT2D eigenvalue weighted by molar-refractivity contribution is -0.140. The van der Waals surface area contributed by atoms with E-state index in [2.05, 4.69) is 0 Å². The van der Waals surface area contributed by atoms with Gasteiger partial charge < -0.3 is 23.7 Å². The Balaban J connectivity index is 2.60. The van der Waals surface area contributed by atoms with Gasteiger partial charge in [0.2, 0.25) is 0 Å². The molecule has 0 aromatic heterocycles. The molecule has 0 aliphatic rings. The maximum absolute atomic E-state index is 12.4. The van der Waals surface area contributed by atoms with Crippen LogP contribution in [0.1, 0.15) is 46.3 Å². The second-order valence-corrected chi connectivity index (χ2v) is 7.02. The molecular formula is C25H30O7. The molecule has 172 valence electrons. The fourth-order valence-corrected chi connectivity index (χ4v) is 3.46. The van der Waals surface area contributed by atoms with Crippen molar-refractivity contribution in [3.05, 3.63) is 58.7 Å². The predicted octanol–water partition coefficient (Wildman–Crippen LogP) is 4.58. The molecule has 0 amide bonds. The normalized spacial score (nSPS) is 11.0. The summed E-state index contributed by atoms with van der Waals surface area (Å²) in [5.74, 6) is 0.938. The Bertz CT molecular complexity index is 992. The minimum Gasteiger partial charge on any atom is -0.496 e. The van der Waals surface area contributed by atoms with Gasteiger partial charge in [0.1, 0.15) is 11.3 Å². The van der Waals surface area contributed by atoms with Gasteiger partial charge in [0, 0.05) is 6.42 Å². The van der Waals surface area contributed by atoms with Crippen LogP contribution in [-0.4, -0.2) is 47.5 Å². The fraction of sp³-hybridized carbons (Fsp3) is 0.360. The van der Waals surface area contributed by atoms with Crippen molar-refractivity contribution in [1.29, 1.82) is 0 Å². The molecule has 7 nitrogen and oxygen atoms in total. The Morgan fingerprint density at radius 3 is 2.16 bits per heavy atom. The Hall–Kier alpha value is -3.48. The molecule has 0 spiro atoms. The summed E-state index contributed by atoms with van der Waals surface area (Å²) in [7, 11) is 7.39. The van der Waals surface area contributed by atoms with E-state index in [1.165, 1.54) is 21.3 Å². The first kappa shape index (κ1) is 24.8. The van der Waals surface area contributed by atoms with Crippen LogP contribution in [0.5, 0.6) is 17.2 Å². The summed E-state index contributed by atoms with van der Waals surface area (Å²) >= 11 is 0. The molecule has 0 radical (unpaired) electrons. The van der Waals surface area contributed by atoms with Crippen molar-refractivity contribution in [1.82, 2.24) is 0 Å². The summed E-state index contributed by atoms with van der Waals surface area (Å²) in [5.41, 5.74) is 3.71. The molecular weight excluding hydrogens is 412 g/mol. The summed E-state index contributed by atoms with van der Waals surface area (Å²) in [6, 6.07) is 9.33. The number of rotatable bonds is 10. The van der Waals surface area contributed by atoms with Gasteiger partial charge in [0.25, 0.3) is 0 Å². The number of hydrogen-bond acceptors (Lipinski definition) is 7. The van der Waals surface area contributed by atoms with Gasteiger partial charge in [0.05, 0.1) is 35.5 Å². The Morgan fingerprint density at radius 1 is 0.844 bits per heavy atom. The molecule has 0 unspecified atom stereocenters. The Kier molecular flexibility index (Phi) is 9.13. The zero-order valence-corrected chi connectivity index (χ0v) is 19.4. The van der Waals surface area contributed by atoms with Crippen LogP contribution in [0.3, 0.4) is 0 Å². The lowest BCUT2D eigenvalue weighted by atomic mass is 9.92. The van der Waals surface area contributed by atoms with E-state index < -0.39 is 5.97 Å². The first-order valence-electron chi connectivity index (χ1n) is 10.2. The van der Waals surface area contributed by atoms with E-state index in [4.69, 9.17) is 23.7 Å². The number of unbranched alkanes of at least 4 members (excludes halogenated alkanes) is 1. The monoisotopic (exact) mass is 442 g/mol. The molecule has 0 heterocycles. The van der Waals surface area contributed by atoms with Crippen LogP contribution in [0.2, 0.25) is 0 Å². The molecule has 2 aromatic rings. The van der Waals surface area contributed by atoms with E-state index >= 15 is 0 Å². The first-order valence-corrected chi connectivity index (χ1v) is 10.2. The molecule has 7 heteroatoms. The summed E-state index contributed by atoms with van der Waals surface area (Å²) < 4.78 is 25.9. The van der Waals surface area contributed by atoms with Crippen LogP contribution in [-0.2, 0) is 14.3 Å². The van der Waals surface area contributed by atoms with Crippen molar-refractivity contribution >= 4 is 17.5 Å². The largest absolute Gasteiger partial charge is 0.496 e. The summed E-state index contributed by atoms with van der Waals surface area (Å²) in [6.07, 6.45) is 3.62. The van der Waals surface area contributed by atoms with Crippen molar-refractivity contribution < 1.29 is 33.3 Å². The van der Waals surface area contributed by atoms with Crippen LogP contribution in [0.15, 0.2) is 36.4 Å². The molecule has 2 rings (SSSR count). The fourth-order valence-electron chi connectivity index (χ4n) is 3.46. The Labute approximate surface area is 188 Å². The molecule has 32 heavy (non-hydrogen) atoms. The highest BCUT2D eigenvalue weighted by Gasteiger charge is 2.19. The van der Waals surface area contributed by atoms with Crippen LogP contribution in [0, 0.1) is 6.92 Å². The maximum atomic E-state index is 12.4. The second-order valence-electron chi connectivity index (χ2n) is 7.02. The molecule has 0 aliphatic carbocycles. The molecule has 0 fully saturated rings. The SMILES string of the molecule is COC(=O)CCC/C=C(\c1ccc(OC)c(OC)c1)c1cc(C)c(OC)c(C(=O)OC)c1. The number of ether oxygens (including phenoxy) is 5. The smallest absolute Gasteiger partial charge is 0.341 e. The minimum atomic E-state index is -0.482. The highest BCUT2D eigenvalue weighted by molar-refractivity contribution is 5.95. The topological polar surface area (TPSA) is 80.3 Å². The van der Waals surface area contributed by atoms with Gasteiger partial charge in [-0.25, -0.2) is 4.79 Å². The van der Waals surface area contributed by atoms with Gasteiger partial charge in [-0.05, 0) is 66.3 Å². The number of benzene rings is 2. The van der Waals surface area contributed by atoms with Gasteiger partial charge in [-0.2, -0.15) is 0 Å². The zero-order valence-electron chi connectivity index (χ0n) is 19.4.